The summed E-state index contributed by atoms with van der Waals surface area (Å²) < 4.78 is 5.63. The van der Waals surface area contributed by atoms with Crippen molar-refractivity contribution in [2.24, 2.45) is 0 Å². The van der Waals surface area contributed by atoms with Gasteiger partial charge in [-0.3, -0.25) is 4.79 Å². The summed E-state index contributed by atoms with van der Waals surface area (Å²) in [6.07, 6.45) is 3.67. The zero-order chi connectivity index (χ0) is 15.9. The fourth-order valence-corrected chi connectivity index (χ4v) is 2.60. The molecule has 0 aliphatic carbocycles. The van der Waals surface area contributed by atoms with Crippen molar-refractivity contribution in [1.29, 1.82) is 5.26 Å². The number of aromatic nitrogens is 1. The van der Waals surface area contributed by atoms with Crippen LogP contribution in [0.15, 0.2) is 18.3 Å². The molecule has 1 aliphatic rings. The number of ether oxygens (including phenoxy) is 1. The van der Waals surface area contributed by atoms with Crippen LogP contribution in [0.2, 0.25) is 0 Å². The van der Waals surface area contributed by atoms with Crippen LogP contribution >= 0.6 is 0 Å². The quantitative estimate of drug-likeness (QED) is 0.822. The van der Waals surface area contributed by atoms with Crippen molar-refractivity contribution >= 4 is 11.7 Å². The van der Waals surface area contributed by atoms with E-state index in [1.165, 1.54) is 6.20 Å². The number of carbonyl (C=O) groups excluding carboxylic acids is 1. The molecule has 0 saturated carbocycles. The van der Waals surface area contributed by atoms with Crippen molar-refractivity contribution in [3.8, 4) is 6.07 Å². The van der Waals surface area contributed by atoms with Gasteiger partial charge in [0.05, 0.1) is 18.2 Å². The number of carbonyl (C=O) groups is 1. The molecule has 2 rings (SSSR count). The Hall–Kier alpha value is -2.13. The number of anilines is 1. The number of amides is 1. The molecule has 1 aromatic heterocycles. The summed E-state index contributed by atoms with van der Waals surface area (Å²) in [6.45, 7) is 4.39. The molecule has 0 aromatic carbocycles. The number of hydrogen-bond acceptors (Lipinski definition) is 5. The molecular weight excluding hydrogens is 280 g/mol. The Labute approximate surface area is 131 Å². The number of piperidine rings is 1. The highest BCUT2D eigenvalue weighted by Crippen LogP contribution is 2.15. The van der Waals surface area contributed by atoms with Crippen molar-refractivity contribution in [3.63, 3.8) is 0 Å². The van der Waals surface area contributed by atoms with Gasteiger partial charge in [-0.1, -0.05) is 0 Å². The fourth-order valence-electron chi connectivity index (χ4n) is 2.60. The van der Waals surface area contributed by atoms with Gasteiger partial charge in [-0.15, -0.1) is 0 Å². The van der Waals surface area contributed by atoms with Gasteiger partial charge in [-0.05, 0) is 31.9 Å². The van der Waals surface area contributed by atoms with Gasteiger partial charge in [-0.2, -0.15) is 5.26 Å². The second-order valence-corrected chi connectivity index (χ2v) is 5.43. The third-order valence-electron chi connectivity index (χ3n) is 3.77. The maximum atomic E-state index is 12.4. The van der Waals surface area contributed by atoms with Gasteiger partial charge in [0.15, 0.2) is 0 Å². The van der Waals surface area contributed by atoms with Gasteiger partial charge in [0.25, 0.3) is 0 Å². The monoisotopic (exact) mass is 302 g/mol. The average molecular weight is 302 g/mol. The third-order valence-corrected chi connectivity index (χ3v) is 3.77. The largest absolute Gasteiger partial charge is 0.377 e. The van der Waals surface area contributed by atoms with Crippen LogP contribution in [0.1, 0.15) is 25.3 Å². The maximum absolute atomic E-state index is 12.4. The number of nitriles is 1. The number of likely N-dealkylation sites (tertiary alicyclic amines) is 1. The van der Waals surface area contributed by atoms with E-state index in [2.05, 4.69) is 4.98 Å². The molecule has 1 amide bonds. The van der Waals surface area contributed by atoms with Gasteiger partial charge in [0.1, 0.15) is 11.9 Å². The van der Waals surface area contributed by atoms with Crippen molar-refractivity contribution in [2.75, 3.05) is 38.2 Å². The van der Waals surface area contributed by atoms with Crippen molar-refractivity contribution in [1.82, 2.24) is 9.88 Å². The summed E-state index contributed by atoms with van der Waals surface area (Å²) in [5, 5.41) is 8.77. The molecule has 1 aliphatic heterocycles. The summed E-state index contributed by atoms with van der Waals surface area (Å²) >= 11 is 0. The lowest BCUT2D eigenvalue weighted by atomic mass is 10.1. The van der Waals surface area contributed by atoms with E-state index in [1.54, 1.807) is 17.0 Å². The van der Waals surface area contributed by atoms with E-state index in [-0.39, 0.29) is 18.6 Å². The van der Waals surface area contributed by atoms with E-state index in [1.807, 2.05) is 24.9 Å². The molecule has 0 unspecified atom stereocenters. The Morgan fingerprint density at radius 1 is 1.59 bits per heavy atom. The molecule has 1 aromatic rings. The van der Waals surface area contributed by atoms with Crippen LogP contribution in [0, 0.1) is 11.3 Å². The van der Waals surface area contributed by atoms with Crippen molar-refractivity contribution in [2.45, 2.75) is 25.9 Å². The minimum Gasteiger partial charge on any atom is -0.377 e. The lowest BCUT2D eigenvalue weighted by Crippen LogP contribution is -2.46. The molecule has 1 fully saturated rings. The first kappa shape index (κ1) is 16.2. The molecule has 0 N–H and O–H groups in total. The standard InChI is InChI=1S/C16H22N4O2/c1-3-22-14-5-4-8-20(11-14)16(21)12-19(2)15-7-6-13(9-17)10-18-15/h6-7,10,14H,3-5,8,11-12H2,1-2H3/t14-/m0/s1. The highest BCUT2D eigenvalue weighted by Gasteiger charge is 2.24. The Morgan fingerprint density at radius 2 is 2.41 bits per heavy atom. The minimum absolute atomic E-state index is 0.0815. The maximum Gasteiger partial charge on any atom is 0.242 e. The van der Waals surface area contributed by atoms with Gasteiger partial charge >= 0.3 is 0 Å². The number of rotatable bonds is 5. The third kappa shape index (κ3) is 4.18. The fraction of sp³-hybridized carbons (Fsp3) is 0.562. The SMILES string of the molecule is CCO[C@H]1CCCN(C(=O)CN(C)c2ccc(C#N)cn2)C1. The first-order chi connectivity index (χ1) is 10.6. The smallest absolute Gasteiger partial charge is 0.242 e. The summed E-state index contributed by atoms with van der Waals surface area (Å²) in [7, 11) is 1.83. The first-order valence-corrected chi connectivity index (χ1v) is 7.60. The molecule has 6 nitrogen and oxygen atoms in total. The Kier molecular flexibility index (Phi) is 5.73. The van der Waals surface area contributed by atoms with E-state index in [0.717, 1.165) is 19.4 Å². The average Bonchev–Trinajstić information content (AvgIpc) is 2.55. The molecular formula is C16H22N4O2. The second kappa shape index (κ2) is 7.76. The second-order valence-electron chi connectivity index (χ2n) is 5.43. The zero-order valence-electron chi connectivity index (χ0n) is 13.2. The number of likely N-dealkylation sites (N-methyl/N-ethyl adjacent to an activating group) is 1. The molecule has 0 bridgehead atoms. The molecule has 1 saturated heterocycles. The molecule has 2 heterocycles. The molecule has 0 spiro atoms. The number of pyridine rings is 1. The van der Waals surface area contributed by atoms with Crippen LogP contribution < -0.4 is 4.90 Å². The molecule has 6 heteroatoms. The molecule has 0 radical (unpaired) electrons. The zero-order valence-corrected chi connectivity index (χ0v) is 13.2. The lowest BCUT2D eigenvalue weighted by molar-refractivity contribution is -0.133. The number of hydrogen-bond donors (Lipinski definition) is 0. The Balaban J connectivity index is 1.91. The van der Waals surface area contributed by atoms with E-state index in [9.17, 15) is 4.79 Å². The minimum atomic E-state index is 0.0815. The summed E-state index contributed by atoms with van der Waals surface area (Å²) in [6, 6.07) is 5.49. The number of nitrogens with zero attached hydrogens (tertiary/aromatic N) is 4. The van der Waals surface area contributed by atoms with Crippen LogP contribution in [-0.2, 0) is 9.53 Å². The molecule has 22 heavy (non-hydrogen) atoms. The van der Waals surface area contributed by atoms with Crippen LogP contribution in [0.5, 0.6) is 0 Å². The van der Waals surface area contributed by atoms with E-state index < -0.39 is 0 Å². The lowest BCUT2D eigenvalue weighted by Gasteiger charge is -2.33. The van der Waals surface area contributed by atoms with Crippen molar-refractivity contribution in [3.05, 3.63) is 23.9 Å². The van der Waals surface area contributed by atoms with Crippen molar-refractivity contribution < 1.29 is 9.53 Å². The van der Waals surface area contributed by atoms with Gasteiger partial charge in [-0.25, -0.2) is 4.98 Å². The summed E-state index contributed by atoms with van der Waals surface area (Å²) in [5.74, 6) is 0.767. The van der Waals surface area contributed by atoms with Gasteiger partial charge in [0.2, 0.25) is 5.91 Å². The topological polar surface area (TPSA) is 69.5 Å². The summed E-state index contributed by atoms with van der Waals surface area (Å²) in [5.41, 5.74) is 0.513. The normalized spacial score (nSPS) is 17.9. The van der Waals surface area contributed by atoms with Crippen LogP contribution in [0.3, 0.4) is 0 Å². The Morgan fingerprint density at radius 3 is 3.05 bits per heavy atom. The highest BCUT2D eigenvalue weighted by molar-refractivity contribution is 5.81. The predicted molar refractivity (Wildman–Crippen MR) is 83.5 cm³/mol. The van der Waals surface area contributed by atoms with E-state index in [4.69, 9.17) is 10.00 Å². The molecule has 118 valence electrons. The van der Waals surface area contributed by atoms with E-state index in [0.29, 0.717) is 24.5 Å². The van der Waals surface area contributed by atoms with E-state index >= 15 is 0 Å². The van der Waals surface area contributed by atoms with Crippen LogP contribution in [0.4, 0.5) is 5.82 Å². The van der Waals surface area contributed by atoms with Gasteiger partial charge in [0, 0.05) is 32.9 Å². The highest BCUT2D eigenvalue weighted by atomic mass is 16.5. The molecule has 1 atom stereocenters. The van der Waals surface area contributed by atoms with Crippen LogP contribution in [0.25, 0.3) is 0 Å². The first-order valence-electron chi connectivity index (χ1n) is 7.60. The Bertz CT molecular complexity index is 536. The predicted octanol–water partition coefficient (Wildman–Crippen LogP) is 1.42. The van der Waals surface area contributed by atoms with Crippen LogP contribution in [-0.4, -0.2) is 55.2 Å². The van der Waals surface area contributed by atoms with Gasteiger partial charge < -0.3 is 14.5 Å². The summed E-state index contributed by atoms with van der Waals surface area (Å²) in [4.78, 5) is 20.3.